The molecule has 2 atom stereocenters. The molecule has 1 N–H and O–H groups in total. The third kappa shape index (κ3) is 3.96. The predicted molar refractivity (Wildman–Crippen MR) is 72.2 cm³/mol. The number of hydrogen-bond donors (Lipinski definition) is 1. The van der Waals surface area contributed by atoms with Gasteiger partial charge in [-0.2, -0.15) is 0 Å². The van der Waals surface area contributed by atoms with Crippen LogP contribution in [0.15, 0.2) is 0 Å². The van der Waals surface area contributed by atoms with Crippen molar-refractivity contribution in [3.05, 3.63) is 0 Å². The Morgan fingerprint density at radius 1 is 1.18 bits per heavy atom. The fourth-order valence-corrected chi connectivity index (χ4v) is 3.34. The Labute approximate surface area is 107 Å². The Bertz CT molecular complexity index is 233. The third-order valence-electron chi connectivity index (χ3n) is 4.58. The molecule has 1 heterocycles. The maximum absolute atomic E-state index is 6.02. The van der Waals surface area contributed by atoms with E-state index in [-0.39, 0.29) is 5.60 Å². The second-order valence-electron chi connectivity index (χ2n) is 6.63. The first-order valence-electron chi connectivity index (χ1n) is 7.48. The van der Waals surface area contributed by atoms with Crippen molar-refractivity contribution in [2.45, 2.75) is 83.5 Å². The molecule has 17 heavy (non-hydrogen) atoms. The summed E-state index contributed by atoms with van der Waals surface area (Å²) >= 11 is 0. The molecule has 1 unspecified atom stereocenters. The average Bonchev–Trinajstić information content (AvgIpc) is 2.67. The van der Waals surface area contributed by atoms with Gasteiger partial charge in [-0.05, 0) is 52.4 Å². The molecule has 0 spiro atoms. The van der Waals surface area contributed by atoms with Gasteiger partial charge < -0.3 is 10.1 Å². The lowest BCUT2D eigenvalue weighted by Gasteiger charge is -2.29. The summed E-state index contributed by atoms with van der Waals surface area (Å²) in [6.07, 6.45) is 10.0. The molecule has 0 aromatic carbocycles. The van der Waals surface area contributed by atoms with Crippen molar-refractivity contribution in [1.29, 1.82) is 0 Å². The summed E-state index contributed by atoms with van der Waals surface area (Å²) in [4.78, 5) is 0. The summed E-state index contributed by atoms with van der Waals surface area (Å²) in [6, 6.07) is 0.669. The second-order valence-corrected chi connectivity index (χ2v) is 6.63. The van der Waals surface area contributed by atoms with Gasteiger partial charge in [-0.25, -0.2) is 0 Å². The monoisotopic (exact) mass is 239 g/mol. The highest BCUT2D eigenvalue weighted by Gasteiger charge is 2.31. The highest BCUT2D eigenvalue weighted by molar-refractivity contribution is 4.83. The van der Waals surface area contributed by atoms with Crippen LogP contribution in [0.4, 0.5) is 0 Å². The maximum Gasteiger partial charge on any atom is 0.0707 e. The van der Waals surface area contributed by atoms with Crippen LogP contribution >= 0.6 is 0 Å². The van der Waals surface area contributed by atoms with Crippen molar-refractivity contribution < 1.29 is 4.74 Å². The molecule has 1 saturated heterocycles. The molecule has 0 radical (unpaired) electrons. The third-order valence-corrected chi connectivity index (χ3v) is 4.58. The van der Waals surface area contributed by atoms with Gasteiger partial charge in [0, 0.05) is 12.6 Å². The fraction of sp³-hybridized carbons (Fsp3) is 1.00. The van der Waals surface area contributed by atoms with Crippen LogP contribution in [0.1, 0.15) is 65.7 Å². The van der Waals surface area contributed by atoms with Gasteiger partial charge in [0.1, 0.15) is 0 Å². The van der Waals surface area contributed by atoms with E-state index >= 15 is 0 Å². The normalized spacial score (nSPS) is 31.6. The molecule has 1 aliphatic carbocycles. The molecule has 1 saturated carbocycles. The van der Waals surface area contributed by atoms with Gasteiger partial charge in [0.05, 0.1) is 11.7 Å². The van der Waals surface area contributed by atoms with E-state index in [0.29, 0.717) is 12.1 Å². The quantitative estimate of drug-likeness (QED) is 0.810. The zero-order valence-electron chi connectivity index (χ0n) is 11.8. The average molecular weight is 239 g/mol. The van der Waals surface area contributed by atoms with Crippen LogP contribution in [0.25, 0.3) is 0 Å². The number of ether oxygens (including phenoxy) is 1. The molecule has 1 aliphatic heterocycles. The summed E-state index contributed by atoms with van der Waals surface area (Å²) in [6.45, 7) is 7.81. The van der Waals surface area contributed by atoms with Crippen LogP contribution in [0.2, 0.25) is 0 Å². The maximum atomic E-state index is 6.02. The molecule has 2 aliphatic rings. The van der Waals surface area contributed by atoms with Crippen molar-refractivity contribution in [3.63, 3.8) is 0 Å². The predicted octanol–water partition coefficient (Wildman–Crippen LogP) is 3.50. The second kappa shape index (κ2) is 5.71. The fourth-order valence-electron chi connectivity index (χ4n) is 3.34. The van der Waals surface area contributed by atoms with Crippen molar-refractivity contribution in [3.8, 4) is 0 Å². The molecular weight excluding hydrogens is 210 g/mol. The summed E-state index contributed by atoms with van der Waals surface area (Å²) in [5.74, 6) is 0.901. The van der Waals surface area contributed by atoms with Crippen molar-refractivity contribution in [2.24, 2.45) is 5.92 Å². The largest absolute Gasteiger partial charge is 0.371 e. The molecule has 0 amide bonds. The molecule has 0 aromatic heterocycles. The molecule has 2 heteroatoms. The molecule has 0 aromatic rings. The molecule has 2 nitrogen and oxygen atoms in total. The lowest BCUT2D eigenvalue weighted by Crippen LogP contribution is -2.39. The summed E-state index contributed by atoms with van der Waals surface area (Å²) in [7, 11) is 0. The first kappa shape index (κ1) is 13.4. The Morgan fingerprint density at radius 2 is 1.88 bits per heavy atom. The Morgan fingerprint density at radius 3 is 2.47 bits per heavy atom. The minimum Gasteiger partial charge on any atom is -0.371 e. The van der Waals surface area contributed by atoms with E-state index in [9.17, 15) is 0 Å². The van der Waals surface area contributed by atoms with Crippen molar-refractivity contribution in [2.75, 3.05) is 6.54 Å². The lowest BCUT2D eigenvalue weighted by molar-refractivity contribution is -0.0158. The van der Waals surface area contributed by atoms with Crippen LogP contribution in [-0.4, -0.2) is 24.3 Å². The van der Waals surface area contributed by atoms with Gasteiger partial charge in [0.15, 0.2) is 0 Å². The van der Waals surface area contributed by atoms with Crippen LogP contribution in [0, 0.1) is 5.92 Å². The Kier molecular flexibility index (Phi) is 4.48. The number of nitrogens with one attached hydrogen (secondary N) is 1. The molecule has 2 fully saturated rings. The minimum atomic E-state index is 0.112. The molecule has 100 valence electrons. The van der Waals surface area contributed by atoms with Gasteiger partial charge in [-0.3, -0.25) is 0 Å². The van der Waals surface area contributed by atoms with E-state index in [1.807, 2.05) is 0 Å². The first-order valence-corrected chi connectivity index (χ1v) is 7.48. The van der Waals surface area contributed by atoms with Crippen molar-refractivity contribution >= 4 is 0 Å². The molecular formula is C15H29NO. The van der Waals surface area contributed by atoms with E-state index in [4.69, 9.17) is 4.74 Å². The summed E-state index contributed by atoms with van der Waals surface area (Å²) < 4.78 is 6.02. The van der Waals surface area contributed by atoms with Gasteiger partial charge in [-0.15, -0.1) is 0 Å². The molecule has 2 rings (SSSR count). The van der Waals surface area contributed by atoms with E-state index in [2.05, 4.69) is 26.1 Å². The number of rotatable bonds is 4. The minimum absolute atomic E-state index is 0.112. The van der Waals surface area contributed by atoms with Gasteiger partial charge in [0.2, 0.25) is 0 Å². The van der Waals surface area contributed by atoms with Crippen LogP contribution in [0.3, 0.4) is 0 Å². The van der Waals surface area contributed by atoms with Gasteiger partial charge >= 0.3 is 0 Å². The first-order chi connectivity index (χ1) is 8.07. The van der Waals surface area contributed by atoms with Crippen molar-refractivity contribution in [1.82, 2.24) is 5.32 Å². The topological polar surface area (TPSA) is 21.3 Å². The zero-order chi connectivity index (χ0) is 12.3. The lowest BCUT2D eigenvalue weighted by atomic mass is 9.84. The van der Waals surface area contributed by atoms with E-state index in [1.165, 1.54) is 44.9 Å². The Hall–Kier alpha value is -0.0800. The zero-order valence-corrected chi connectivity index (χ0v) is 11.8. The number of hydrogen-bond acceptors (Lipinski definition) is 2. The summed E-state index contributed by atoms with van der Waals surface area (Å²) in [5.41, 5.74) is 0.112. The van der Waals surface area contributed by atoms with Gasteiger partial charge in [0.25, 0.3) is 0 Å². The molecule has 0 bridgehead atoms. The van der Waals surface area contributed by atoms with E-state index in [0.717, 1.165) is 12.5 Å². The van der Waals surface area contributed by atoms with Crippen LogP contribution in [0.5, 0.6) is 0 Å². The smallest absolute Gasteiger partial charge is 0.0707 e. The van der Waals surface area contributed by atoms with Crippen LogP contribution < -0.4 is 5.32 Å². The van der Waals surface area contributed by atoms with E-state index in [1.54, 1.807) is 0 Å². The van der Waals surface area contributed by atoms with Crippen LogP contribution in [-0.2, 0) is 4.74 Å². The SMILES string of the molecule is C[C@H](NCC1CCC(C)(C)O1)C1CCCCC1. The Balaban J connectivity index is 1.67. The standard InChI is InChI=1S/C15H29NO/c1-12(13-7-5-4-6-8-13)16-11-14-9-10-15(2,3)17-14/h12-14,16H,4-11H2,1-3H3/t12-,14?/m0/s1. The highest BCUT2D eigenvalue weighted by Crippen LogP contribution is 2.30. The van der Waals surface area contributed by atoms with Gasteiger partial charge in [-0.1, -0.05) is 19.3 Å². The summed E-state index contributed by atoms with van der Waals surface area (Å²) in [5, 5.41) is 3.71. The van der Waals surface area contributed by atoms with E-state index < -0.39 is 0 Å². The highest BCUT2D eigenvalue weighted by atomic mass is 16.5.